The Bertz CT molecular complexity index is 550. The third-order valence-electron chi connectivity index (χ3n) is 3.20. The number of rotatable bonds is 4. The first-order chi connectivity index (χ1) is 9.17. The van der Waals surface area contributed by atoms with Crippen molar-refractivity contribution >= 4 is 11.5 Å². The van der Waals surface area contributed by atoms with Gasteiger partial charge in [-0.2, -0.15) is 0 Å². The van der Waals surface area contributed by atoms with Gasteiger partial charge in [0.05, 0.1) is 5.57 Å². The van der Waals surface area contributed by atoms with Gasteiger partial charge in [-0.25, -0.2) is 4.79 Å². The maximum Gasteiger partial charge on any atom is 0.344 e. The summed E-state index contributed by atoms with van der Waals surface area (Å²) in [6.07, 6.45) is 4.74. The van der Waals surface area contributed by atoms with Crippen LogP contribution in [0.5, 0.6) is 0 Å². The Morgan fingerprint density at radius 2 is 2.05 bits per heavy atom. The lowest BCUT2D eigenvalue weighted by atomic mass is 9.96. The Morgan fingerprint density at radius 1 is 1.26 bits per heavy atom. The van der Waals surface area contributed by atoms with Gasteiger partial charge < -0.3 is 4.74 Å². The molecule has 0 aromatic heterocycles. The molecule has 0 unspecified atom stereocenters. The second kappa shape index (κ2) is 5.87. The molecule has 1 aliphatic rings. The molecule has 0 atom stereocenters. The summed E-state index contributed by atoms with van der Waals surface area (Å²) in [5, 5.41) is 0. The molecule has 0 saturated carbocycles. The molecule has 19 heavy (non-hydrogen) atoms. The van der Waals surface area contributed by atoms with Gasteiger partial charge in [-0.1, -0.05) is 50.1 Å². The van der Waals surface area contributed by atoms with Crippen molar-refractivity contribution < 1.29 is 9.53 Å². The molecule has 0 aliphatic carbocycles. The van der Waals surface area contributed by atoms with Crippen LogP contribution in [0, 0.1) is 6.92 Å². The van der Waals surface area contributed by atoms with E-state index in [4.69, 9.17) is 4.74 Å². The molecule has 2 heteroatoms. The fourth-order valence-corrected chi connectivity index (χ4v) is 2.40. The van der Waals surface area contributed by atoms with Crippen LogP contribution in [0.15, 0.2) is 41.7 Å². The van der Waals surface area contributed by atoms with Crippen LogP contribution in [0.4, 0.5) is 0 Å². The van der Waals surface area contributed by atoms with Gasteiger partial charge in [0.25, 0.3) is 0 Å². The molecule has 0 saturated heterocycles. The van der Waals surface area contributed by atoms with Crippen LogP contribution in [0.2, 0.25) is 0 Å². The van der Waals surface area contributed by atoms with Gasteiger partial charge in [-0.15, -0.1) is 0 Å². The highest BCUT2D eigenvalue weighted by Crippen LogP contribution is 2.36. The van der Waals surface area contributed by atoms with E-state index in [-0.39, 0.29) is 5.97 Å². The van der Waals surface area contributed by atoms with Gasteiger partial charge in [0.2, 0.25) is 0 Å². The third-order valence-corrected chi connectivity index (χ3v) is 3.20. The Labute approximate surface area is 114 Å². The molecule has 100 valence electrons. The number of aryl methyl sites for hydroxylation is 1. The monoisotopic (exact) mass is 256 g/mol. The Balaban J connectivity index is 2.54. The second-order valence-electron chi connectivity index (χ2n) is 4.84. The summed E-state index contributed by atoms with van der Waals surface area (Å²) in [6, 6.07) is 8.04. The fraction of sp³-hybridized carbons (Fsp3) is 0.353. The van der Waals surface area contributed by atoms with Gasteiger partial charge >= 0.3 is 5.97 Å². The smallest absolute Gasteiger partial charge is 0.344 e. The summed E-state index contributed by atoms with van der Waals surface area (Å²) in [5.41, 5.74) is 3.92. The van der Waals surface area contributed by atoms with E-state index >= 15 is 0 Å². The van der Waals surface area contributed by atoms with E-state index in [1.54, 1.807) is 0 Å². The topological polar surface area (TPSA) is 26.3 Å². The first kappa shape index (κ1) is 13.6. The van der Waals surface area contributed by atoms with Crippen LogP contribution in [0.25, 0.3) is 5.57 Å². The van der Waals surface area contributed by atoms with Gasteiger partial charge in [0.1, 0.15) is 5.76 Å². The van der Waals surface area contributed by atoms with E-state index in [1.165, 1.54) is 0 Å². The quantitative estimate of drug-likeness (QED) is 0.746. The zero-order valence-electron chi connectivity index (χ0n) is 11.8. The third kappa shape index (κ3) is 2.78. The van der Waals surface area contributed by atoms with Crippen molar-refractivity contribution in [3.63, 3.8) is 0 Å². The van der Waals surface area contributed by atoms with E-state index < -0.39 is 0 Å². The van der Waals surface area contributed by atoms with Crippen molar-refractivity contribution in [1.29, 1.82) is 0 Å². The minimum absolute atomic E-state index is 0.214. The SMILES string of the molecule is CC/C=C1\OC(=O)C(c2cccc(C)c2)=C1CCC. The van der Waals surface area contributed by atoms with Crippen molar-refractivity contribution in [3.8, 4) is 0 Å². The number of hydrogen-bond donors (Lipinski definition) is 0. The molecule has 0 spiro atoms. The standard InChI is InChI=1S/C17H20O2/c1-4-7-14-15(8-5-2)19-17(18)16(14)13-10-6-9-12(3)11-13/h6,8-11H,4-5,7H2,1-3H3/b15-8-. The largest absolute Gasteiger partial charge is 0.423 e. The van der Waals surface area contributed by atoms with Gasteiger partial charge in [0, 0.05) is 5.57 Å². The first-order valence-electron chi connectivity index (χ1n) is 6.90. The number of benzene rings is 1. The first-order valence-corrected chi connectivity index (χ1v) is 6.90. The Hall–Kier alpha value is -1.83. The molecule has 0 amide bonds. The zero-order valence-corrected chi connectivity index (χ0v) is 11.8. The summed E-state index contributed by atoms with van der Waals surface area (Å²) >= 11 is 0. The normalized spacial score (nSPS) is 17.2. The maximum atomic E-state index is 12.1. The summed E-state index contributed by atoms with van der Waals surface area (Å²) in [5.74, 6) is 0.541. The van der Waals surface area contributed by atoms with Crippen molar-refractivity contribution in [1.82, 2.24) is 0 Å². The average molecular weight is 256 g/mol. The molecule has 2 rings (SSSR count). The molecule has 1 heterocycles. The number of hydrogen-bond acceptors (Lipinski definition) is 2. The van der Waals surface area contributed by atoms with Gasteiger partial charge in [-0.3, -0.25) is 0 Å². The van der Waals surface area contributed by atoms with E-state index in [0.29, 0.717) is 0 Å². The van der Waals surface area contributed by atoms with Crippen molar-refractivity contribution in [2.45, 2.75) is 40.0 Å². The Kier molecular flexibility index (Phi) is 4.20. The van der Waals surface area contributed by atoms with E-state index in [0.717, 1.165) is 47.3 Å². The second-order valence-corrected chi connectivity index (χ2v) is 4.84. The molecule has 2 nitrogen and oxygen atoms in total. The lowest BCUT2D eigenvalue weighted by Gasteiger charge is -2.04. The number of carbonyl (C=O) groups excluding carboxylic acids is 1. The number of esters is 1. The van der Waals surface area contributed by atoms with E-state index in [9.17, 15) is 4.79 Å². The number of carbonyl (C=O) groups is 1. The Morgan fingerprint density at radius 3 is 2.68 bits per heavy atom. The molecule has 0 radical (unpaired) electrons. The fourth-order valence-electron chi connectivity index (χ4n) is 2.40. The zero-order chi connectivity index (χ0) is 13.8. The van der Waals surface area contributed by atoms with Crippen molar-refractivity contribution in [2.75, 3.05) is 0 Å². The van der Waals surface area contributed by atoms with Gasteiger partial charge in [-0.05, 0) is 31.4 Å². The van der Waals surface area contributed by atoms with Crippen LogP contribution in [-0.4, -0.2) is 5.97 Å². The lowest BCUT2D eigenvalue weighted by Crippen LogP contribution is -1.98. The predicted octanol–water partition coefficient (Wildman–Crippen LogP) is 4.40. The number of ether oxygens (including phenoxy) is 1. The highest BCUT2D eigenvalue weighted by molar-refractivity contribution is 6.21. The minimum Gasteiger partial charge on any atom is -0.423 e. The minimum atomic E-state index is -0.214. The molecule has 0 N–H and O–H groups in total. The number of cyclic esters (lactones) is 1. The number of allylic oxidation sites excluding steroid dienone is 2. The molecular formula is C17H20O2. The maximum absolute atomic E-state index is 12.1. The van der Waals surface area contributed by atoms with Crippen LogP contribution in [0.1, 0.15) is 44.2 Å². The van der Waals surface area contributed by atoms with Crippen LogP contribution < -0.4 is 0 Å². The molecule has 1 aromatic rings. The van der Waals surface area contributed by atoms with Crippen LogP contribution >= 0.6 is 0 Å². The van der Waals surface area contributed by atoms with Crippen molar-refractivity contribution in [3.05, 3.63) is 52.8 Å². The van der Waals surface area contributed by atoms with Crippen LogP contribution in [0.3, 0.4) is 0 Å². The summed E-state index contributed by atoms with van der Waals surface area (Å²) in [6.45, 7) is 6.20. The van der Waals surface area contributed by atoms with E-state index in [1.807, 2.05) is 37.3 Å². The average Bonchev–Trinajstić information content (AvgIpc) is 2.67. The van der Waals surface area contributed by atoms with Crippen molar-refractivity contribution in [2.24, 2.45) is 0 Å². The molecule has 0 bridgehead atoms. The summed E-state index contributed by atoms with van der Waals surface area (Å²) in [7, 11) is 0. The highest BCUT2D eigenvalue weighted by atomic mass is 16.5. The molecule has 1 aromatic carbocycles. The van der Waals surface area contributed by atoms with E-state index in [2.05, 4.69) is 13.8 Å². The molecular weight excluding hydrogens is 236 g/mol. The highest BCUT2D eigenvalue weighted by Gasteiger charge is 2.29. The molecule has 1 aliphatic heterocycles. The summed E-state index contributed by atoms with van der Waals surface area (Å²) < 4.78 is 5.42. The summed E-state index contributed by atoms with van der Waals surface area (Å²) in [4.78, 5) is 12.1. The van der Waals surface area contributed by atoms with Crippen LogP contribution in [-0.2, 0) is 9.53 Å². The predicted molar refractivity (Wildman–Crippen MR) is 77.5 cm³/mol. The lowest BCUT2D eigenvalue weighted by molar-refractivity contribution is -0.131. The molecule has 0 fully saturated rings. The van der Waals surface area contributed by atoms with Gasteiger partial charge in [0.15, 0.2) is 0 Å².